The molecule has 1 fully saturated rings. The number of nitrogens with zero attached hydrogens (tertiary/aromatic N) is 1. The molecule has 2 heteroatoms. The van der Waals surface area contributed by atoms with Gasteiger partial charge in [-0.25, -0.2) is 0 Å². The van der Waals surface area contributed by atoms with Crippen LogP contribution >= 0.6 is 15.9 Å². The highest BCUT2D eigenvalue weighted by atomic mass is 79.9. The maximum Gasteiger partial charge on any atom is 0.104 e. The van der Waals surface area contributed by atoms with Crippen molar-refractivity contribution in [3.05, 3.63) is 0 Å². The Labute approximate surface area is 64.2 Å². The van der Waals surface area contributed by atoms with E-state index < -0.39 is 0 Å². The lowest BCUT2D eigenvalue weighted by Crippen LogP contribution is -2.06. The lowest BCUT2D eigenvalue weighted by Gasteiger charge is -2.06. The molecule has 0 saturated heterocycles. The van der Waals surface area contributed by atoms with Crippen LogP contribution in [-0.4, -0.2) is 4.83 Å². The van der Waals surface area contributed by atoms with Crippen LogP contribution in [0, 0.1) is 17.2 Å². The van der Waals surface area contributed by atoms with Crippen molar-refractivity contribution in [1.29, 1.82) is 5.26 Å². The van der Waals surface area contributed by atoms with Gasteiger partial charge in [0, 0.05) is 0 Å². The Balaban J connectivity index is 2.34. The second-order valence-corrected chi connectivity index (χ2v) is 3.56. The maximum absolute atomic E-state index is 8.50. The van der Waals surface area contributed by atoms with Crippen LogP contribution < -0.4 is 0 Å². The Kier molecular flexibility index (Phi) is 2.53. The van der Waals surface area contributed by atoms with Crippen molar-refractivity contribution >= 4 is 15.9 Å². The van der Waals surface area contributed by atoms with Gasteiger partial charge in [0.2, 0.25) is 0 Å². The van der Waals surface area contributed by atoms with Crippen LogP contribution in [0.5, 0.6) is 0 Å². The number of halogens is 1. The van der Waals surface area contributed by atoms with Gasteiger partial charge in [0.05, 0.1) is 6.07 Å². The predicted octanol–water partition coefficient (Wildman–Crippen LogP) is 2.46. The van der Waals surface area contributed by atoms with Crippen molar-refractivity contribution < 1.29 is 0 Å². The molecule has 0 amide bonds. The van der Waals surface area contributed by atoms with Crippen molar-refractivity contribution in [2.24, 2.45) is 5.92 Å². The van der Waals surface area contributed by atoms with Crippen LogP contribution in [0.15, 0.2) is 0 Å². The van der Waals surface area contributed by atoms with Gasteiger partial charge in [0.1, 0.15) is 4.83 Å². The monoisotopic (exact) mass is 187 g/mol. The summed E-state index contributed by atoms with van der Waals surface area (Å²) in [5.41, 5.74) is 0. The Morgan fingerprint density at radius 3 is 2.44 bits per heavy atom. The molecule has 0 aliphatic heterocycles. The van der Waals surface area contributed by atoms with Gasteiger partial charge in [-0.1, -0.05) is 28.8 Å². The molecular weight excluding hydrogens is 178 g/mol. The van der Waals surface area contributed by atoms with Crippen LogP contribution in [0.2, 0.25) is 0 Å². The third-order valence-corrected chi connectivity index (χ3v) is 2.89. The van der Waals surface area contributed by atoms with E-state index >= 15 is 0 Å². The molecule has 1 aliphatic rings. The molecule has 0 heterocycles. The molecule has 0 aromatic rings. The third-order valence-electron chi connectivity index (χ3n) is 1.94. The Morgan fingerprint density at radius 2 is 2.00 bits per heavy atom. The van der Waals surface area contributed by atoms with Gasteiger partial charge in [-0.15, -0.1) is 0 Å². The second kappa shape index (κ2) is 3.22. The Bertz CT molecular complexity index is 121. The summed E-state index contributed by atoms with van der Waals surface area (Å²) < 4.78 is 0. The van der Waals surface area contributed by atoms with E-state index in [2.05, 4.69) is 22.0 Å². The number of alkyl halides is 1. The Hall–Kier alpha value is -0.0300. The highest BCUT2D eigenvalue weighted by Gasteiger charge is 2.21. The molecule has 0 bridgehead atoms. The molecule has 1 atom stereocenters. The molecule has 1 saturated carbocycles. The average Bonchev–Trinajstić information content (AvgIpc) is 2.37. The molecule has 9 heavy (non-hydrogen) atoms. The molecule has 0 unspecified atom stereocenters. The van der Waals surface area contributed by atoms with Crippen molar-refractivity contribution in [2.75, 3.05) is 0 Å². The summed E-state index contributed by atoms with van der Waals surface area (Å²) >= 11 is 3.34. The van der Waals surface area contributed by atoms with Gasteiger partial charge in [-0.3, -0.25) is 0 Å². The molecule has 1 rings (SSSR count). The fourth-order valence-corrected chi connectivity index (χ4v) is 1.88. The van der Waals surface area contributed by atoms with E-state index in [1.54, 1.807) is 0 Å². The number of nitriles is 1. The lowest BCUT2D eigenvalue weighted by atomic mass is 10.1. The molecule has 50 valence electrons. The summed E-state index contributed by atoms with van der Waals surface area (Å²) in [4.78, 5) is 0.111. The van der Waals surface area contributed by atoms with Gasteiger partial charge < -0.3 is 0 Å². The first kappa shape index (κ1) is 7.08. The second-order valence-electron chi connectivity index (χ2n) is 2.58. The van der Waals surface area contributed by atoms with Crippen molar-refractivity contribution in [2.45, 2.75) is 30.5 Å². The lowest BCUT2D eigenvalue weighted by molar-refractivity contribution is 0.581. The minimum Gasteiger partial charge on any atom is -0.197 e. The van der Waals surface area contributed by atoms with E-state index in [9.17, 15) is 0 Å². The molecular formula is C7H10BrN. The number of hydrogen-bond donors (Lipinski definition) is 0. The van der Waals surface area contributed by atoms with Crippen molar-refractivity contribution in [1.82, 2.24) is 0 Å². The predicted molar refractivity (Wildman–Crippen MR) is 40.3 cm³/mol. The average molecular weight is 188 g/mol. The first-order chi connectivity index (χ1) is 4.34. The summed E-state index contributed by atoms with van der Waals surface area (Å²) in [5.74, 6) is 0.634. The number of hydrogen-bond acceptors (Lipinski definition) is 1. The topological polar surface area (TPSA) is 23.8 Å². The molecule has 0 spiro atoms. The van der Waals surface area contributed by atoms with E-state index in [1.165, 1.54) is 25.7 Å². The standard InChI is InChI=1S/C7H10BrN/c8-7(5-9)6-3-1-2-4-6/h6-7H,1-4H2/t7-/m0/s1. The third kappa shape index (κ3) is 1.69. The van der Waals surface area contributed by atoms with Crippen molar-refractivity contribution in [3.63, 3.8) is 0 Å². The molecule has 1 nitrogen and oxygen atoms in total. The minimum absolute atomic E-state index is 0.111. The largest absolute Gasteiger partial charge is 0.197 e. The van der Waals surface area contributed by atoms with Gasteiger partial charge >= 0.3 is 0 Å². The summed E-state index contributed by atoms with van der Waals surface area (Å²) in [6.07, 6.45) is 5.11. The fourth-order valence-electron chi connectivity index (χ4n) is 1.36. The summed E-state index contributed by atoms with van der Waals surface area (Å²) in [5, 5.41) is 8.50. The van der Waals surface area contributed by atoms with Crippen molar-refractivity contribution in [3.8, 4) is 6.07 Å². The van der Waals surface area contributed by atoms with Crippen LogP contribution in [0.3, 0.4) is 0 Å². The Morgan fingerprint density at radius 1 is 1.44 bits per heavy atom. The highest BCUT2D eigenvalue weighted by Crippen LogP contribution is 2.30. The van der Waals surface area contributed by atoms with E-state index in [1.807, 2.05) is 0 Å². The minimum atomic E-state index is 0.111. The zero-order chi connectivity index (χ0) is 6.69. The van der Waals surface area contributed by atoms with Crippen LogP contribution in [0.1, 0.15) is 25.7 Å². The van der Waals surface area contributed by atoms with Crippen LogP contribution in [0.4, 0.5) is 0 Å². The maximum atomic E-state index is 8.50. The number of rotatable bonds is 1. The summed E-state index contributed by atoms with van der Waals surface area (Å²) in [6, 6.07) is 2.22. The smallest absolute Gasteiger partial charge is 0.104 e. The van der Waals surface area contributed by atoms with Gasteiger partial charge in [0.15, 0.2) is 0 Å². The van der Waals surface area contributed by atoms with Crippen LogP contribution in [-0.2, 0) is 0 Å². The van der Waals surface area contributed by atoms with Gasteiger partial charge in [-0.2, -0.15) is 5.26 Å². The van der Waals surface area contributed by atoms with E-state index in [0.29, 0.717) is 5.92 Å². The molecule has 0 N–H and O–H groups in total. The zero-order valence-electron chi connectivity index (χ0n) is 5.31. The van der Waals surface area contributed by atoms with Crippen LogP contribution in [0.25, 0.3) is 0 Å². The normalized spacial score (nSPS) is 23.6. The fraction of sp³-hybridized carbons (Fsp3) is 0.857. The SMILES string of the molecule is N#C[C@H](Br)C1CCCC1. The first-order valence-electron chi connectivity index (χ1n) is 3.38. The van der Waals surface area contributed by atoms with E-state index in [4.69, 9.17) is 5.26 Å². The molecule has 0 radical (unpaired) electrons. The van der Waals surface area contributed by atoms with Gasteiger partial charge in [-0.05, 0) is 18.8 Å². The summed E-state index contributed by atoms with van der Waals surface area (Å²) in [6.45, 7) is 0. The highest BCUT2D eigenvalue weighted by molar-refractivity contribution is 9.09. The summed E-state index contributed by atoms with van der Waals surface area (Å²) in [7, 11) is 0. The van der Waals surface area contributed by atoms with E-state index in [-0.39, 0.29) is 4.83 Å². The quantitative estimate of drug-likeness (QED) is 0.580. The molecule has 0 aromatic heterocycles. The zero-order valence-corrected chi connectivity index (χ0v) is 6.89. The van der Waals surface area contributed by atoms with Gasteiger partial charge in [0.25, 0.3) is 0 Å². The molecule has 0 aromatic carbocycles. The van der Waals surface area contributed by atoms with E-state index in [0.717, 1.165) is 0 Å². The first-order valence-corrected chi connectivity index (χ1v) is 4.30. The molecule has 1 aliphatic carbocycles.